The van der Waals surface area contributed by atoms with Crippen LogP contribution in [0.25, 0.3) is 11.0 Å². The Kier molecular flexibility index (Phi) is 3.22. The SMILES string of the molecule is Cc1c(Cc2cccc(N)c2F)c(=O)oc2ccccc12. The first kappa shape index (κ1) is 13.4. The molecule has 4 heteroatoms. The molecule has 21 heavy (non-hydrogen) atoms. The smallest absolute Gasteiger partial charge is 0.340 e. The van der Waals surface area contributed by atoms with Crippen molar-refractivity contribution in [3.8, 4) is 0 Å². The lowest BCUT2D eigenvalue weighted by Gasteiger charge is -2.09. The van der Waals surface area contributed by atoms with Gasteiger partial charge in [0.1, 0.15) is 11.4 Å². The molecule has 0 saturated heterocycles. The normalized spacial score (nSPS) is 11.0. The molecular formula is C17H14FNO2. The van der Waals surface area contributed by atoms with E-state index >= 15 is 0 Å². The highest BCUT2D eigenvalue weighted by Crippen LogP contribution is 2.23. The monoisotopic (exact) mass is 283 g/mol. The third-order valence-corrected chi connectivity index (χ3v) is 3.67. The summed E-state index contributed by atoms with van der Waals surface area (Å²) in [5.74, 6) is -0.482. The van der Waals surface area contributed by atoms with Crippen molar-refractivity contribution in [1.29, 1.82) is 0 Å². The zero-order valence-corrected chi connectivity index (χ0v) is 11.5. The molecule has 0 spiro atoms. The Bertz CT molecular complexity index is 884. The van der Waals surface area contributed by atoms with E-state index in [0.717, 1.165) is 10.9 Å². The molecule has 0 aliphatic rings. The van der Waals surface area contributed by atoms with Crippen molar-refractivity contribution in [1.82, 2.24) is 0 Å². The van der Waals surface area contributed by atoms with Gasteiger partial charge in [0.25, 0.3) is 0 Å². The Labute approximate surface area is 120 Å². The van der Waals surface area contributed by atoms with E-state index < -0.39 is 11.4 Å². The van der Waals surface area contributed by atoms with Crippen LogP contribution in [-0.2, 0) is 6.42 Å². The summed E-state index contributed by atoms with van der Waals surface area (Å²) in [5, 5.41) is 0.858. The molecule has 2 N–H and O–H groups in total. The van der Waals surface area contributed by atoms with E-state index in [0.29, 0.717) is 16.7 Å². The van der Waals surface area contributed by atoms with Crippen LogP contribution in [-0.4, -0.2) is 0 Å². The fraction of sp³-hybridized carbons (Fsp3) is 0.118. The van der Waals surface area contributed by atoms with E-state index in [4.69, 9.17) is 10.2 Å². The fourth-order valence-electron chi connectivity index (χ4n) is 2.47. The molecule has 3 aromatic rings. The van der Waals surface area contributed by atoms with Gasteiger partial charge in [-0.3, -0.25) is 0 Å². The Balaban J connectivity index is 2.17. The minimum atomic E-state index is -0.482. The van der Waals surface area contributed by atoms with Gasteiger partial charge < -0.3 is 10.2 Å². The summed E-state index contributed by atoms with van der Waals surface area (Å²) in [4.78, 5) is 12.1. The predicted octanol–water partition coefficient (Wildman–Crippen LogP) is 3.41. The number of hydrogen-bond acceptors (Lipinski definition) is 3. The maximum Gasteiger partial charge on any atom is 0.340 e. The third kappa shape index (κ3) is 2.29. The number of halogens is 1. The molecule has 3 rings (SSSR count). The first-order valence-electron chi connectivity index (χ1n) is 6.62. The van der Waals surface area contributed by atoms with Crippen LogP contribution in [0.3, 0.4) is 0 Å². The number of anilines is 1. The highest BCUT2D eigenvalue weighted by molar-refractivity contribution is 5.80. The van der Waals surface area contributed by atoms with Crippen LogP contribution >= 0.6 is 0 Å². The van der Waals surface area contributed by atoms with Crippen molar-refractivity contribution < 1.29 is 8.81 Å². The lowest BCUT2D eigenvalue weighted by atomic mass is 9.99. The van der Waals surface area contributed by atoms with Gasteiger partial charge in [-0.15, -0.1) is 0 Å². The van der Waals surface area contributed by atoms with E-state index in [2.05, 4.69) is 0 Å². The summed E-state index contributed by atoms with van der Waals surface area (Å²) < 4.78 is 19.3. The fourth-order valence-corrected chi connectivity index (χ4v) is 2.47. The number of aryl methyl sites for hydroxylation is 1. The Morgan fingerprint density at radius 2 is 1.90 bits per heavy atom. The topological polar surface area (TPSA) is 56.2 Å². The molecule has 2 aromatic carbocycles. The van der Waals surface area contributed by atoms with Gasteiger partial charge in [0, 0.05) is 17.4 Å². The van der Waals surface area contributed by atoms with Crippen LogP contribution in [0, 0.1) is 12.7 Å². The maximum atomic E-state index is 14.0. The molecule has 0 amide bonds. The first-order valence-corrected chi connectivity index (χ1v) is 6.62. The van der Waals surface area contributed by atoms with E-state index in [1.165, 1.54) is 6.07 Å². The van der Waals surface area contributed by atoms with Gasteiger partial charge in [-0.25, -0.2) is 9.18 Å². The van der Waals surface area contributed by atoms with Crippen LogP contribution in [0.15, 0.2) is 51.7 Å². The second-order valence-corrected chi connectivity index (χ2v) is 4.99. The average Bonchev–Trinajstić information content (AvgIpc) is 2.47. The van der Waals surface area contributed by atoms with E-state index in [9.17, 15) is 9.18 Å². The summed E-state index contributed by atoms with van der Waals surface area (Å²) in [6.07, 6.45) is 0.163. The number of fused-ring (bicyclic) bond motifs is 1. The standard InChI is InChI=1S/C17H14FNO2/c1-10-12-6-2-3-8-15(12)21-17(20)13(10)9-11-5-4-7-14(19)16(11)18/h2-8H,9,19H2,1H3. The van der Waals surface area contributed by atoms with Crippen LogP contribution < -0.4 is 11.4 Å². The summed E-state index contributed by atoms with van der Waals surface area (Å²) in [6, 6.07) is 12.1. The Hall–Kier alpha value is -2.62. The molecule has 0 aliphatic carbocycles. The molecule has 0 saturated carbocycles. The van der Waals surface area contributed by atoms with Gasteiger partial charge in [0.15, 0.2) is 0 Å². The minimum Gasteiger partial charge on any atom is -0.423 e. The second kappa shape index (κ2) is 5.05. The Morgan fingerprint density at radius 1 is 1.14 bits per heavy atom. The van der Waals surface area contributed by atoms with Crippen molar-refractivity contribution >= 4 is 16.7 Å². The van der Waals surface area contributed by atoms with Gasteiger partial charge in [-0.05, 0) is 30.2 Å². The van der Waals surface area contributed by atoms with E-state index in [1.807, 2.05) is 25.1 Å². The molecule has 1 aromatic heterocycles. The quantitative estimate of drug-likeness (QED) is 0.579. The zero-order chi connectivity index (χ0) is 15.0. The number of rotatable bonds is 2. The number of hydrogen-bond donors (Lipinski definition) is 1. The lowest BCUT2D eigenvalue weighted by molar-refractivity contribution is 0.549. The highest BCUT2D eigenvalue weighted by atomic mass is 19.1. The van der Waals surface area contributed by atoms with Gasteiger partial charge in [-0.1, -0.05) is 30.3 Å². The number of para-hydroxylation sites is 1. The predicted molar refractivity (Wildman–Crippen MR) is 80.8 cm³/mol. The molecule has 106 valence electrons. The maximum absolute atomic E-state index is 14.0. The Morgan fingerprint density at radius 3 is 2.71 bits per heavy atom. The molecule has 3 nitrogen and oxygen atoms in total. The number of benzene rings is 2. The molecular weight excluding hydrogens is 269 g/mol. The molecule has 0 unspecified atom stereocenters. The third-order valence-electron chi connectivity index (χ3n) is 3.67. The summed E-state index contributed by atoms with van der Waals surface area (Å²) in [6.45, 7) is 1.85. The largest absolute Gasteiger partial charge is 0.423 e. The van der Waals surface area contributed by atoms with Gasteiger partial charge in [0.2, 0.25) is 0 Å². The van der Waals surface area contributed by atoms with Crippen LogP contribution in [0.5, 0.6) is 0 Å². The molecule has 0 aliphatic heterocycles. The second-order valence-electron chi connectivity index (χ2n) is 4.99. The van der Waals surface area contributed by atoms with Gasteiger partial charge in [0.05, 0.1) is 5.69 Å². The molecule has 0 atom stereocenters. The highest BCUT2D eigenvalue weighted by Gasteiger charge is 2.14. The van der Waals surface area contributed by atoms with Crippen molar-refractivity contribution in [2.75, 3.05) is 5.73 Å². The number of nitrogens with two attached hydrogens (primary N) is 1. The number of nitrogen functional groups attached to an aromatic ring is 1. The van der Waals surface area contributed by atoms with Crippen LogP contribution in [0.1, 0.15) is 16.7 Å². The van der Waals surface area contributed by atoms with Gasteiger partial charge in [-0.2, -0.15) is 0 Å². The minimum absolute atomic E-state index is 0.0790. The van der Waals surface area contributed by atoms with E-state index in [-0.39, 0.29) is 12.1 Å². The molecule has 0 radical (unpaired) electrons. The summed E-state index contributed by atoms with van der Waals surface area (Å²) in [5.41, 5.74) is 7.40. The van der Waals surface area contributed by atoms with Gasteiger partial charge >= 0.3 is 5.63 Å². The molecule has 1 heterocycles. The van der Waals surface area contributed by atoms with Crippen molar-refractivity contribution in [2.45, 2.75) is 13.3 Å². The van der Waals surface area contributed by atoms with Crippen LogP contribution in [0.2, 0.25) is 0 Å². The first-order chi connectivity index (χ1) is 10.1. The van der Waals surface area contributed by atoms with Crippen molar-refractivity contribution in [3.63, 3.8) is 0 Å². The average molecular weight is 283 g/mol. The molecule has 0 bridgehead atoms. The van der Waals surface area contributed by atoms with E-state index in [1.54, 1.807) is 18.2 Å². The summed E-state index contributed by atoms with van der Waals surface area (Å²) >= 11 is 0. The van der Waals surface area contributed by atoms with Crippen molar-refractivity contribution in [2.24, 2.45) is 0 Å². The van der Waals surface area contributed by atoms with Crippen LogP contribution in [0.4, 0.5) is 10.1 Å². The van der Waals surface area contributed by atoms with Crippen molar-refractivity contribution in [3.05, 3.63) is 75.4 Å². The molecule has 0 fully saturated rings. The lowest BCUT2D eigenvalue weighted by Crippen LogP contribution is -2.12. The zero-order valence-electron chi connectivity index (χ0n) is 11.5. The summed E-state index contributed by atoms with van der Waals surface area (Å²) in [7, 11) is 0.